The van der Waals surface area contributed by atoms with E-state index in [1.54, 1.807) is 16.7 Å². The molecule has 0 radical (unpaired) electrons. The number of nitrogens with zero attached hydrogens (tertiary/aromatic N) is 2. The van der Waals surface area contributed by atoms with Gasteiger partial charge in [-0.05, 0) is 19.8 Å². The molecule has 2 aliphatic rings. The van der Waals surface area contributed by atoms with Crippen LogP contribution in [0.1, 0.15) is 26.2 Å². The maximum Gasteiger partial charge on any atom is 0.320 e. The Morgan fingerprint density at radius 3 is 2.29 bits per heavy atom. The summed E-state index contributed by atoms with van der Waals surface area (Å²) in [5.41, 5.74) is 0. The van der Waals surface area contributed by atoms with E-state index in [4.69, 9.17) is 5.11 Å². The van der Waals surface area contributed by atoms with Crippen molar-refractivity contribution >= 4 is 21.7 Å². The molecule has 120 valence electrons. The normalized spacial score (nSPS) is 28.0. The van der Waals surface area contributed by atoms with E-state index in [1.165, 1.54) is 0 Å². The van der Waals surface area contributed by atoms with Crippen molar-refractivity contribution in [3.8, 4) is 0 Å². The van der Waals surface area contributed by atoms with E-state index in [-0.39, 0.29) is 11.7 Å². The maximum atomic E-state index is 12.4. The molecule has 7 nitrogen and oxygen atoms in total. The summed E-state index contributed by atoms with van der Waals surface area (Å²) in [5, 5.41) is 8.09. The number of piperazine rings is 1. The second-order valence-electron chi connectivity index (χ2n) is 5.73. The minimum Gasteiger partial charge on any atom is -0.480 e. The molecule has 0 aromatic rings. The van der Waals surface area contributed by atoms with Crippen molar-refractivity contribution in [2.75, 3.05) is 31.9 Å². The predicted octanol–water partition coefficient (Wildman–Crippen LogP) is -0.429. The molecule has 2 rings (SSSR count). The summed E-state index contributed by atoms with van der Waals surface area (Å²) in [6.45, 7) is 3.33. The number of rotatable bonds is 3. The first-order valence-electron chi connectivity index (χ1n) is 7.30. The fourth-order valence-corrected chi connectivity index (χ4v) is 4.79. The van der Waals surface area contributed by atoms with Gasteiger partial charge in [-0.1, -0.05) is 6.42 Å². The lowest BCUT2D eigenvalue weighted by Crippen LogP contribution is -2.56. The molecular formula is C13H22N2O5S. The first-order chi connectivity index (χ1) is 9.83. The Bertz CT molecular complexity index is 511. The van der Waals surface area contributed by atoms with Gasteiger partial charge in [-0.3, -0.25) is 14.5 Å². The molecular weight excluding hydrogens is 296 g/mol. The Kier molecular flexibility index (Phi) is 4.88. The van der Waals surface area contributed by atoms with Gasteiger partial charge in [0.25, 0.3) is 0 Å². The van der Waals surface area contributed by atoms with Crippen LogP contribution in [-0.2, 0) is 19.4 Å². The van der Waals surface area contributed by atoms with Crippen molar-refractivity contribution in [2.45, 2.75) is 37.5 Å². The van der Waals surface area contributed by atoms with Crippen LogP contribution in [0.2, 0.25) is 0 Å². The Morgan fingerprint density at radius 2 is 1.76 bits per heavy atom. The highest BCUT2D eigenvalue weighted by molar-refractivity contribution is 7.92. The minimum atomic E-state index is -3.31. The van der Waals surface area contributed by atoms with Gasteiger partial charge in [0.15, 0.2) is 9.84 Å². The van der Waals surface area contributed by atoms with Crippen molar-refractivity contribution in [3.05, 3.63) is 0 Å². The molecule has 2 saturated heterocycles. The maximum absolute atomic E-state index is 12.4. The number of hydrogen-bond donors (Lipinski definition) is 1. The predicted molar refractivity (Wildman–Crippen MR) is 76.7 cm³/mol. The van der Waals surface area contributed by atoms with Crippen LogP contribution in [0.25, 0.3) is 0 Å². The molecule has 0 aromatic carbocycles. The molecule has 0 spiro atoms. The summed E-state index contributed by atoms with van der Waals surface area (Å²) in [7, 11) is -3.31. The van der Waals surface area contributed by atoms with Gasteiger partial charge in [-0.2, -0.15) is 0 Å². The van der Waals surface area contributed by atoms with E-state index in [9.17, 15) is 18.0 Å². The molecule has 2 aliphatic heterocycles. The molecule has 0 saturated carbocycles. The molecule has 2 atom stereocenters. The zero-order valence-corrected chi connectivity index (χ0v) is 13.0. The fourth-order valence-electron chi connectivity index (χ4n) is 2.92. The summed E-state index contributed by atoms with van der Waals surface area (Å²) in [6.07, 6.45) is 1.81. The topological polar surface area (TPSA) is 95.0 Å². The molecule has 2 unspecified atom stereocenters. The first kappa shape index (κ1) is 16.2. The molecule has 2 fully saturated rings. The second kappa shape index (κ2) is 6.31. The van der Waals surface area contributed by atoms with E-state index in [2.05, 4.69) is 0 Å². The number of hydrogen-bond acceptors (Lipinski definition) is 5. The highest BCUT2D eigenvalue weighted by atomic mass is 32.2. The van der Waals surface area contributed by atoms with Crippen LogP contribution in [0.5, 0.6) is 0 Å². The number of amides is 1. The quantitative estimate of drug-likeness (QED) is 0.759. The highest BCUT2D eigenvalue weighted by Gasteiger charge is 2.38. The third-order valence-corrected chi connectivity index (χ3v) is 6.55. The molecule has 21 heavy (non-hydrogen) atoms. The van der Waals surface area contributed by atoms with Gasteiger partial charge < -0.3 is 10.0 Å². The van der Waals surface area contributed by atoms with Crippen molar-refractivity contribution in [3.63, 3.8) is 0 Å². The van der Waals surface area contributed by atoms with Gasteiger partial charge in [0.05, 0.1) is 5.75 Å². The Balaban J connectivity index is 1.96. The number of carbonyl (C=O) groups is 2. The summed E-state index contributed by atoms with van der Waals surface area (Å²) in [6, 6.07) is -0.583. The molecule has 1 N–H and O–H groups in total. The summed E-state index contributed by atoms with van der Waals surface area (Å²) >= 11 is 0. The van der Waals surface area contributed by atoms with Crippen LogP contribution < -0.4 is 0 Å². The van der Waals surface area contributed by atoms with Crippen LogP contribution in [0.3, 0.4) is 0 Å². The van der Waals surface area contributed by atoms with Gasteiger partial charge in [0.2, 0.25) is 5.91 Å². The van der Waals surface area contributed by atoms with Crippen molar-refractivity contribution < 1.29 is 23.1 Å². The average Bonchev–Trinajstić information content (AvgIpc) is 2.45. The number of carbonyl (C=O) groups excluding carboxylic acids is 1. The number of carboxylic acids is 1. The Labute approximate surface area is 124 Å². The summed E-state index contributed by atoms with van der Waals surface area (Å²) in [5.74, 6) is -1.10. The van der Waals surface area contributed by atoms with Crippen molar-refractivity contribution in [1.29, 1.82) is 0 Å². The zero-order chi connectivity index (χ0) is 15.6. The van der Waals surface area contributed by atoms with Crippen molar-refractivity contribution in [2.24, 2.45) is 0 Å². The number of carboxylic acid groups (broad SMARTS) is 1. The summed E-state index contributed by atoms with van der Waals surface area (Å²) < 4.78 is 24.0. The molecule has 0 aliphatic carbocycles. The molecule has 0 bridgehead atoms. The number of sulfone groups is 1. The van der Waals surface area contributed by atoms with Crippen molar-refractivity contribution in [1.82, 2.24) is 9.80 Å². The zero-order valence-electron chi connectivity index (χ0n) is 12.2. The monoisotopic (exact) mass is 318 g/mol. The average molecular weight is 318 g/mol. The minimum absolute atomic E-state index is 0.0966. The van der Waals surface area contributed by atoms with Gasteiger partial charge >= 0.3 is 5.97 Å². The third-order valence-electron chi connectivity index (χ3n) is 4.39. The molecule has 0 aromatic heterocycles. The third kappa shape index (κ3) is 3.55. The van der Waals surface area contributed by atoms with Crippen LogP contribution in [-0.4, -0.2) is 78.4 Å². The van der Waals surface area contributed by atoms with E-state index in [0.29, 0.717) is 39.0 Å². The number of aliphatic carboxylic acids is 1. The van der Waals surface area contributed by atoms with Crippen LogP contribution in [0, 0.1) is 0 Å². The van der Waals surface area contributed by atoms with Gasteiger partial charge in [-0.15, -0.1) is 0 Å². The Hall–Kier alpha value is -1.15. The van der Waals surface area contributed by atoms with Crippen LogP contribution in [0.15, 0.2) is 0 Å². The standard InChI is InChI=1S/C13H22N2O5S/c1-10(13(17)18)14-5-7-15(8-6-14)12(16)11-4-2-3-9-21(11,19)20/h10-11H,2-9H2,1H3,(H,17,18). The largest absolute Gasteiger partial charge is 0.480 e. The van der Waals surface area contributed by atoms with E-state index >= 15 is 0 Å². The van der Waals surface area contributed by atoms with Gasteiger partial charge in [-0.25, -0.2) is 8.42 Å². The lowest BCUT2D eigenvalue weighted by Gasteiger charge is -2.38. The van der Waals surface area contributed by atoms with E-state index in [0.717, 1.165) is 6.42 Å². The lowest BCUT2D eigenvalue weighted by molar-refractivity contribution is -0.144. The highest BCUT2D eigenvalue weighted by Crippen LogP contribution is 2.22. The fraction of sp³-hybridized carbons (Fsp3) is 0.846. The second-order valence-corrected chi connectivity index (χ2v) is 8.03. The molecule has 2 heterocycles. The van der Waals surface area contributed by atoms with E-state index < -0.39 is 27.1 Å². The van der Waals surface area contributed by atoms with Gasteiger partial charge in [0.1, 0.15) is 11.3 Å². The van der Waals surface area contributed by atoms with Gasteiger partial charge in [0, 0.05) is 26.2 Å². The van der Waals surface area contributed by atoms with Crippen LogP contribution in [0.4, 0.5) is 0 Å². The lowest BCUT2D eigenvalue weighted by atomic mass is 10.1. The SMILES string of the molecule is CC(C(=O)O)N1CCN(C(=O)C2CCCCS2(=O)=O)CC1. The first-order valence-corrected chi connectivity index (χ1v) is 9.01. The smallest absolute Gasteiger partial charge is 0.320 e. The van der Waals surface area contributed by atoms with E-state index in [1.807, 2.05) is 0 Å². The molecule has 8 heteroatoms. The summed E-state index contributed by atoms with van der Waals surface area (Å²) in [4.78, 5) is 26.7. The van der Waals surface area contributed by atoms with Crippen LogP contribution >= 0.6 is 0 Å². The molecule has 1 amide bonds. The Morgan fingerprint density at radius 1 is 1.14 bits per heavy atom.